The number of carbonyl (C=O) groups is 5. The van der Waals surface area contributed by atoms with Crippen LogP contribution in [0.1, 0.15) is 47.1 Å². The summed E-state index contributed by atoms with van der Waals surface area (Å²) in [6, 6.07) is 12.3. The fourth-order valence-corrected chi connectivity index (χ4v) is 4.72. The van der Waals surface area contributed by atoms with Crippen LogP contribution >= 0.6 is 0 Å². The second-order valence-corrected chi connectivity index (χ2v) is 11.6. The summed E-state index contributed by atoms with van der Waals surface area (Å²) < 4.78 is 72.5. The molecule has 0 aliphatic carbocycles. The molecule has 268 valence electrons. The highest BCUT2D eigenvalue weighted by Gasteiger charge is 2.52. The van der Waals surface area contributed by atoms with Gasteiger partial charge in [-0.1, -0.05) is 61.9 Å². The molecule has 4 amide bonds. The number of Topliss-reactive ketones (excluding diaryl/α,β-unsaturated/α-hetero) is 1. The Hall–Kier alpha value is -5.41. The maximum Gasteiger partial charge on any atom is 0.405 e. The van der Waals surface area contributed by atoms with E-state index in [0.29, 0.717) is 11.3 Å². The number of amides is 4. The summed E-state index contributed by atoms with van der Waals surface area (Å²) in [4.78, 5) is 69.6. The molecule has 0 aliphatic heterocycles. The van der Waals surface area contributed by atoms with Gasteiger partial charge in [0.1, 0.15) is 30.1 Å². The fourth-order valence-electron chi connectivity index (χ4n) is 4.72. The number of nitrogens with one attached hydrogen (secondary N) is 4. The molecule has 0 fully saturated rings. The molecule has 0 saturated heterocycles. The van der Waals surface area contributed by atoms with Gasteiger partial charge < -0.3 is 26.0 Å². The quantitative estimate of drug-likeness (QED) is 0.139. The summed E-state index contributed by atoms with van der Waals surface area (Å²) in [5.41, 5.74) is 1.61. The summed E-state index contributed by atoms with van der Waals surface area (Å²) in [7, 11) is 1.38. The van der Waals surface area contributed by atoms with E-state index in [-0.39, 0.29) is 17.7 Å². The number of methoxy groups -OCH3 is 1. The molecule has 1 aromatic heterocycles. The smallest absolute Gasteiger partial charge is 0.405 e. The zero-order valence-corrected chi connectivity index (χ0v) is 27.4. The van der Waals surface area contributed by atoms with Crippen molar-refractivity contribution in [1.82, 2.24) is 26.3 Å². The van der Waals surface area contributed by atoms with E-state index < -0.39 is 72.1 Å². The molecule has 1 heterocycles. The maximum absolute atomic E-state index is 14.9. The molecule has 3 atom stereocenters. The van der Waals surface area contributed by atoms with Gasteiger partial charge in [-0.2, -0.15) is 22.0 Å². The summed E-state index contributed by atoms with van der Waals surface area (Å²) in [5.74, 6) is -13.1. The van der Waals surface area contributed by atoms with Crippen LogP contribution < -0.4 is 26.0 Å². The lowest BCUT2D eigenvalue weighted by Crippen LogP contribution is -2.58. The monoisotopic (exact) mass is 705 g/mol. The van der Waals surface area contributed by atoms with Crippen molar-refractivity contribution in [3.05, 3.63) is 95.3 Å². The first-order valence-electron chi connectivity index (χ1n) is 15.2. The lowest BCUT2D eigenvalue weighted by Gasteiger charge is -2.28. The van der Waals surface area contributed by atoms with Crippen molar-refractivity contribution in [2.45, 2.75) is 57.4 Å². The number of rotatable bonds is 15. The Labute approximate surface area is 284 Å². The van der Waals surface area contributed by atoms with Crippen molar-refractivity contribution in [3.63, 3.8) is 0 Å². The Kier molecular flexibility index (Phi) is 13.1. The highest BCUT2D eigenvalue weighted by Crippen LogP contribution is 2.24. The minimum Gasteiger partial charge on any atom is -0.497 e. The number of ether oxygens (including phenoxy) is 1. The van der Waals surface area contributed by atoms with Crippen molar-refractivity contribution in [3.8, 4) is 5.75 Å². The first-order valence-corrected chi connectivity index (χ1v) is 15.2. The number of alkyl halides is 5. The Morgan fingerprint density at radius 2 is 1.52 bits per heavy atom. The largest absolute Gasteiger partial charge is 0.497 e. The molecule has 16 heteroatoms. The molecule has 3 aromatic rings. The molecule has 3 rings (SSSR count). The highest BCUT2D eigenvalue weighted by molar-refractivity contribution is 6.10. The van der Waals surface area contributed by atoms with Crippen LogP contribution in [0.3, 0.4) is 0 Å². The summed E-state index contributed by atoms with van der Waals surface area (Å²) >= 11 is 0. The standard InChI is InChI=1S/C34H36F5N5O6/c1-19(2)26(28(45)34(38,39)32(49)41-18-33(35,36)37)43-31(48)27(22-11-13-23(50-4)14-12-22)44-30(47)25(17-21-9-7-8-20(3)16-21)42-29(46)24-10-5-6-15-40-24/h5-16,19,25-27H,17-18H2,1-4H3,(H,41,49)(H,42,46)(H,43,48)(H,44,47). The summed E-state index contributed by atoms with van der Waals surface area (Å²) in [6.07, 6.45) is -3.70. The molecule has 50 heavy (non-hydrogen) atoms. The van der Waals surface area contributed by atoms with E-state index in [2.05, 4.69) is 20.9 Å². The normalized spacial score (nSPS) is 13.4. The van der Waals surface area contributed by atoms with Gasteiger partial charge in [-0.15, -0.1) is 0 Å². The minimum atomic E-state index is -5.03. The Morgan fingerprint density at radius 1 is 0.840 bits per heavy atom. The van der Waals surface area contributed by atoms with Gasteiger partial charge >= 0.3 is 12.1 Å². The van der Waals surface area contributed by atoms with E-state index in [0.717, 1.165) is 10.9 Å². The van der Waals surface area contributed by atoms with Crippen LogP contribution in [0.2, 0.25) is 0 Å². The van der Waals surface area contributed by atoms with Gasteiger partial charge in [-0.25, -0.2) is 0 Å². The lowest BCUT2D eigenvalue weighted by atomic mass is 9.94. The van der Waals surface area contributed by atoms with Crippen LogP contribution in [0, 0.1) is 12.8 Å². The molecular formula is C34H36F5N5O6. The SMILES string of the molecule is COc1ccc(C(NC(=O)C(Cc2cccc(C)c2)NC(=O)c2ccccn2)C(=O)NC(C(=O)C(F)(F)C(=O)NCC(F)(F)F)C(C)C)cc1. The van der Waals surface area contributed by atoms with Crippen molar-refractivity contribution in [2.75, 3.05) is 13.7 Å². The third kappa shape index (κ3) is 10.8. The van der Waals surface area contributed by atoms with Gasteiger partial charge in [-0.3, -0.25) is 29.0 Å². The van der Waals surface area contributed by atoms with E-state index in [1.807, 2.05) is 13.0 Å². The number of ketones is 1. The average molecular weight is 706 g/mol. The molecule has 0 saturated carbocycles. The number of carbonyl (C=O) groups excluding carboxylic acids is 5. The van der Waals surface area contributed by atoms with E-state index in [9.17, 15) is 45.9 Å². The van der Waals surface area contributed by atoms with Crippen LogP contribution in [0.4, 0.5) is 22.0 Å². The minimum absolute atomic E-state index is 0.00234. The van der Waals surface area contributed by atoms with Gasteiger partial charge in [-0.05, 0) is 48.2 Å². The summed E-state index contributed by atoms with van der Waals surface area (Å²) in [5, 5.41) is 8.23. The number of aromatic nitrogens is 1. The van der Waals surface area contributed by atoms with E-state index in [1.165, 1.54) is 57.5 Å². The van der Waals surface area contributed by atoms with Crippen molar-refractivity contribution >= 4 is 29.4 Å². The maximum atomic E-state index is 14.9. The van der Waals surface area contributed by atoms with Crippen LogP contribution in [-0.2, 0) is 25.6 Å². The molecule has 3 unspecified atom stereocenters. The van der Waals surface area contributed by atoms with Crippen molar-refractivity contribution < 1.29 is 50.7 Å². The van der Waals surface area contributed by atoms with Crippen LogP contribution in [-0.4, -0.2) is 72.2 Å². The number of pyridine rings is 1. The van der Waals surface area contributed by atoms with Gasteiger partial charge in [0.05, 0.1) is 13.2 Å². The average Bonchev–Trinajstić information content (AvgIpc) is 3.07. The topological polar surface area (TPSA) is 156 Å². The third-order valence-electron chi connectivity index (χ3n) is 7.33. The van der Waals surface area contributed by atoms with Crippen LogP contribution in [0.15, 0.2) is 72.9 Å². The van der Waals surface area contributed by atoms with E-state index in [4.69, 9.17) is 4.74 Å². The molecule has 2 aromatic carbocycles. The second-order valence-electron chi connectivity index (χ2n) is 11.6. The Balaban J connectivity index is 1.95. The molecule has 4 N–H and O–H groups in total. The fraction of sp³-hybridized carbons (Fsp3) is 0.353. The van der Waals surface area contributed by atoms with Crippen molar-refractivity contribution in [1.29, 1.82) is 0 Å². The third-order valence-corrected chi connectivity index (χ3v) is 7.33. The highest BCUT2D eigenvalue weighted by atomic mass is 19.4. The van der Waals surface area contributed by atoms with Gasteiger partial charge in [0.2, 0.25) is 17.6 Å². The zero-order chi connectivity index (χ0) is 37.2. The first kappa shape index (κ1) is 39.0. The number of halogens is 5. The number of aryl methyl sites for hydroxylation is 1. The molecule has 0 radical (unpaired) electrons. The molecular weight excluding hydrogens is 669 g/mol. The zero-order valence-electron chi connectivity index (χ0n) is 27.4. The predicted octanol–water partition coefficient (Wildman–Crippen LogP) is 3.62. The lowest BCUT2D eigenvalue weighted by molar-refractivity contribution is -0.165. The van der Waals surface area contributed by atoms with E-state index >= 15 is 0 Å². The summed E-state index contributed by atoms with van der Waals surface area (Å²) in [6.45, 7) is 2.24. The first-order chi connectivity index (χ1) is 23.4. The molecule has 0 aliphatic rings. The molecule has 0 bridgehead atoms. The van der Waals surface area contributed by atoms with Crippen molar-refractivity contribution in [2.24, 2.45) is 5.92 Å². The predicted molar refractivity (Wildman–Crippen MR) is 170 cm³/mol. The number of hydrogen-bond donors (Lipinski definition) is 4. The van der Waals surface area contributed by atoms with E-state index in [1.54, 1.807) is 30.3 Å². The second kappa shape index (κ2) is 16.8. The molecule has 11 nitrogen and oxygen atoms in total. The Bertz CT molecular complexity index is 1670. The van der Waals surface area contributed by atoms with Crippen LogP contribution in [0.25, 0.3) is 0 Å². The number of benzene rings is 2. The number of nitrogens with zero attached hydrogens (tertiary/aromatic N) is 1. The van der Waals surface area contributed by atoms with Gasteiger partial charge in [0, 0.05) is 12.6 Å². The number of hydrogen-bond acceptors (Lipinski definition) is 7. The van der Waals surface area contributed by atoms with Gasteiger partial charge in [0.25, 0.3) is 11.8 Å². The molecule has 0 spiro atoms. The van der Waals surface area contributed by atoms with Crippen LogP contribution in [0.5, 0.6) is 5.75 Å². The Morgan fingerprint density at radius 3 is 2.08 bits per heavy atom. The van der Waals surface area contributed by atoms with Gasteiger partial charge in [0.15, 0.2) is 0 Å².